The molecule has 14 nitrogen and oxygen atoms in total. The Balaban J connectivity index is 1.01. The van der Waals surface area contributed by atoms with E-state index in [1.807, 2.05) is 60.0 Å². The molecule has 0 bridgehead atoms. The molecule has 0 spiro atoms. The number of phenolic OH excluding ortho intramolecular Hbond substituents is 1. The molecule has 15 heteroatoms. The van der Waals surface area contributed by atoms with E-state index >= 15 is 0 Å². The minimum atomic E-state index is -1.01. The maximum Gasteiger partial charge on any atom is 0.410 e. The van der Waals surface area contributed by atoms with Gasteiger partial charge in [0.2, 0.25) is 0 Å². The van der Waals surface area contributed by atoms with Crippen molar-refractivity contribution in [1.82, 2.24) is 24.5 Å². The van der Waals surface area contributed by atoms with Gasteiger partial charge in [-0.25, -0.2) is 9.59 Å². The van der Waals surface area contributed by atoms with Crippen molar-refractivity contribution < 1.29 is 36.8 Å². The number of carbonyl (C=O) groups is 4. The van der Waals surface area contributed by atoms with Crippen molar-refractivity contribution in [2.24, 2.45) is 0 Å². The highest BCUT2D eigenvalue weighted by Gasteiger charge is 2.36. The summed E-state index contributed by atoms with van der Waals surface area (Å²) in [6.45, 7) is 10.8. The number of fused-ring (bicyclic) bond motifs is 1. The Labute approximate surface area is 338 Å². The Morgan fingerprint density at radius 3 is 2.24 bits per heavy atom. The van der Waals surface area contributed by atoms with Crippen molar-refractivity contribution in [3.8, 4) is 5.75 Å². The van der Waals surface area contributed by atoms with Gasteiger partial charge in [0, 0.05) is 76.5 Å². The lowest BCUT2D eigenvalue weighted by molar-refractivity contribution is -0.145. The molecule has 0 unspecified atom stereocenters. The molecule has 2 aromatic rings. The fourth-order valence-corrected chi connectivity index (χ4v) is 8.56. The van der Waals surface area contributed by atoms with Gasteiger partial charge in [0.1, 0.15) is 35.4 Å². The minimum absolute atomic E-state index is 0.00270. The Kier molecular flexibility index (Phi) is 14.5. The van der Waals surface area contributed by atoms with Crippen LogP contribution in [0.5, 0.6) is 5.75 Å². The van der Waals surface area contributed by atoms with Gasteiger partial charge in [-0.1, -0.05) is 30.3 Å². The SMILES string of the molecule is Cc1cc(C[C@@H](OC(=O)N2CCC(N3CCc4ccccc4NC3=O)CC2)C(=O)N2CCN(C3CCN(CCC(=O)OCCOI)CC3)CC2)cc(C)c1O. The number of piperazine rings is 1. The van der Waals surface area contributed by atoms with Crippen molar-refractivity contribution in [3.63, 3.8) is 0 Å². The number of likely N-dealkylation sites (tertiary alicyclic amines) is 2. The van der Waals surface area contributed by atoms with Crippen LogP contribution in [0.4, 0.5) is 15.3 Å². The quantitative estimate of drug-likeness (QED) is 0.178. The van der Waals surface area contributed by atoms with Crippen molar-refractivity contribution >= 4 is 52.7 Å². The monoisotopic (exact) mass is 874 g/mol. The van der Waals surface area contributed by atoms with Crippen molar-refractivity contribution in [3.05, 3.63) is 58.7 Å². The first-order valence-corrected chi connectivity index (χ1v) is 20.5. The van der Waals surface area contributed by atoms with Gasteiger partial charge in [0.05, 0.1) is 13.0 Å². The number of phenols is 1. The van der Waals surface area contributed by atoms with Gasteiger partial charge in [-0.3, -0.25) is 14.5 Å². The molecule has 6 rings (SSSR count). The maximum absolute atomic E-state index is 14.2. The molecular weight excluding hydrogens is 819 g/mol. The molecule has 4 amide bonds. The van der Waals surface area contributed by atoms with E-state index in [1.165, 1.54) is 0 Å². The molecular formula is C40H55IN6O8. The summed E-state index contributed by atoms with van der Waals surface area (Å²) in [6.07, 6.45) is 3.04. The summed E-state index contributed by atoms with van der Waals surface area (Å²) in [5.74, 6) is -0.194. The number of halogens is 1. The first-order chi connectivity index (χ1) is 26.6. The molecule has 2 N–H and O–H groups in total. The van der Waals surface area contributed by atoms with Crippen LogP contribution in [-0.4, -0.2) is 150 Å². The number of nitrogens with one attached hydrogen (secondary N) is 1. The van der Waals surface area contributed by atoms with E-state index in [9.17, 15) is 24.3 Å². The van der Waals surface area contributed by atoms with Gasteiger partial charge < -0.3 is 42.6 Å². The normalized spacial score (nSPS) is 19.7. The van der Waals surface area contributed by atoms with Gasteiger partial charge in [-0.05, 0) is 87.4 Å². The molecule has 3 saturated heterocycles. The Hall–Kier alpha value is -3.67. The molecule has 0 radical (unpaired) electrons. The van der Waals surface area contributed by atoms with Crippen LogP contribution in [0.15, 0.2) is 36.4 Å². The smallest absolute Gasteiger partial charge is 0.410 e. The molecule has 4 heterocycles. The molecule has 0 saturated carbocycles. The number of rotatable bonds is 12. The zero-order valence-corrected chi connectivity index (χ0v) is 34.2. The summed E-state index contributed by atoms with van der Waals surface area (Å²) < 4.78 is 16.2. The predicted molar refractivity (Wildman–Crippen MR) is 215 cm³/mol. The van der Waals surface area contributed by atoms with Gasteiger partial charge in [-0.15, -0.1) is 0 Å². The van der Waals surface area contributed by atoms with Gasteiger partial charge in [0.25, 0.3) is 5.91 Å². The number of piperidine rings is 2. The van der Waals surface area contributed by atoms with Crippen molar-refractivity contribution in [1.29, 1.82) is 0 Å². The number of urea groups is 1. The lowest BCUT2D eigenvalue weighted by atomic mass is 10.00. The number of benzene rings is 2. The first kappa shape index (κ1) is 41.0. The summed E-state index contributed by atoms with van der Waals surface area (Å²) in [5, 5.41) is 13.4. The lowest BCUT2D eigenvalue weighted by Gasteiger charge is -2.43. The van der Waals surface area contributed by atoms with E-state index < -0.39 is 12.2 Å². The minimum Gasteiger partial charge on any atom is -0.507 e. The Bertz CT molecular complexity index is 1630. The van der Waals surface area contributed by atoms with Crippen LogP contribution in [0.25, 0.3) is 0 Å². The summed E-state index contributed by atoms with van der Waals surface area (Å²) in [5.41, 5.74) is 4.19. The van der Waals surface area contributed by atoms with E-state index in [4.69, 9.17) is 12.5 Å². The number of amides is 4. The van der Waals surface area contributed by atoms with Crippen LogP contribution in [0.2, 0.25) is 0 Å². The number of esters is 1. The summed E-state index contributed by atoms with van der Waals surface area (Å²) in [4.78, 5) is 63.2. The fourth-order valence-electron chi connectivity index (χ4n) is 8.38. The number of carbonyl (C=O) groups excluding carboxylic acids is 4. The molecule has 3 fully saturated rings. The molecule has 55 heavy (non-hydrogen) atoms. The molecule has 2 aromatic carbocycles. The number of aromatic hydroxyl groups is 1. The van der Waals surface area contributed by atoms with Crippen molar-refractivity contribution in [2.45, 2.75) is 77.0 Å². The van der Waals surface area contributed by atoms with Crippen LogP contribution in [0.3, 0.4) is 0 Å². The highest BCUT2D eigenvalue weighted by molar-refractivity contribution is 14.1. The van der Waals surface area contributed by atoms with E-state index in [1.54, 1.807) is 27.9 Å². The number of hydrogen-bond acceptors (Lipinski definition) is 10. The number of para-hydroxylation sites is 1. The van der Waals surface area contributed by atoms with Gasteiger partial charge >= 0.3 is 18.1 Å². The maximum atomic E-state index is 14.2. The second kappa shape index (κ2) is 19.5. The molecule has 4 aliphatic heterocycles. The predicted octanol–water partition coefficient (Wildman–Crippen LogP) is 4.52. The zero-order chi connectivity index (χ0) is 38.9. The number of ether oxygens (including phenoxy) is 2. The largest absolute Gasteiger partial charge is 0.507 e. The fraction of sp³-hybridized carbons (Fsp3) is 0.600. The Morgan fingerprint density at radius 1 is 0.873 bits per heavy atom. The first-order valence-electron chi connectivity index (χ1n) is 19.6. The topological polar surface area (TPSA) is 144 Å². The molecule has 1 atom stereocenters. The van der Waals surface area contributed by atoms with Crippen molar-refractivity contribution in [2.75, 3.05) is 84.0 Å². The van der Waals surface area contributed by atoms with E-state index in [-0.39, 0.29) is 42.7 Å². The summed E-state index contributed by atoms with van der Waals surface area (Å²) >= 11 is 1.78. The lowest BCUT2D eigenvalue weighted by Crippen LogP contribution is -2.56. The highest BCUT2D eigenvalue weighted by atomic mass is 127. The zero-order valence-electron chi connectivity index (χ0n) is 32.1. The van der Waals surface area contributed by atoms with E-state index in [0.29, 0.717) is 82.3 Å². The number of aryl methyl sites for hydroxylation is 2. The molecule has 0 aliphatic carbocycles. The molecule has 300 valence electrons. The van der Waals surface area contributed by atoms with E-state index in [0.717, 1.165) is 62.3 Å². The second-order valence-electron chi connectivity index (χ2n) is 15.1. The van der Waals surface area contributed by atoms with Crippen LogP contribution >= 0.6 is 23.0 Å². The average molecular weight is 875 g/mol. The van der Waals surface area contributed by atoms with Gasteiger partial charge in [-0.2, -0.15) is 0 Å². The van der Waals surface area contributed by atoms with Crippen LogP contribution in [0, 0.1) is 13.8 Å². The highest BCUT2D eigenvalue weighted by Crippen LogP contribution is 2.27. The second-order valence-corrected chi connectivity index (χ2v) is 15.7. The summed E-state index contributed by atoms with van der Waals surface area (Å²) in [7, 11) is 0. The number of anilines is 1. The number of hydrogen-bond donors (Lipinski definition) is 2. The van der Waals surface area contributed by atoms with Crippen LogP contribution in [-0.2, 0) is 35.0 Å². The number of nitrogens with zero attached hydrogens (tertiary/aromatic N) is 5. The van der Waals surface area contributed by atoms with Crippen LogP contribution in [0.1, 0.15) is 54.4 Å². The third-order valence-corrected chi connectivity index (χ3v) is 12.0. The third-order valence-electron chi connectivity index (χ3n) is 11.6. The molecule has 0 aromatic heterocycles. The van der Waals surface area contributed by atoms with Gasteiger partial charge in [0.15, 0.2) is 6.10 Å². The van der Waals surface area contributed by atoms with E-state index in [2.05, 4.69) is 15.1 Å². The average Bonchev–Trinajstić information content (AvgIpc) is 3.37. The Morgan fingerprint density at radius 2 is 1.55 bits per heavy atom. The third kappa shape index (κ3) is 10.8. The van der Waals surface area contributed by atoms with Crippen LogP contribution < -0.4 is 5.32 Å². The summed E-state index contributed by atoms with van der Waals surface area (Å²) in [6, 6.07) is 11.9. The molecule has 4 aliphatic rings. The standard InChI is InChI=1S/C40H55IN6O8/c1-28-25-30(26-29(2)37(28)49)27-35(55-40(52)46-16-10-33(11-17-46)47-18-7-31-5-3-4-6-34(31)42-39(47)51)38(50)45-21-19-44(20-22-45)32-8-13-43(14-9-32)15-12-36(48)53-23-24-54-41/h3-6,25-26,32-33,35,49H,7-24,27H2,1-2H3,(H,42,51)/t35-/m1/s1.